The van der Waals surface area contributed by atoms with Gasteiger partial charge in [-0.2, -0.15) is 0 Å². The number of hydrogen-bond donors (Lipinski definition) is 0. The molecule has 2 aromatic rings. The van der Waals surface area contributed by atoms with E-state index < -0.39 is 0 Å². The second-order valence-corrected chi connectivity index (χ2v) is 7.54. The van der Waals surface area contributed by atoms with Gasteiger partial charge in [0.1, 0.15) is 11.6 Å². The molecule has 0 unspecified atom stereocenters. The first-order chi connectivity index (χ1) is 13.7. The molecular formula is C22H28N4O2. The third-order valence-electron chi connectivity index (χ3n) is 5.55. The molecule has 1 saturated carbocycles. The van der Waals surface area contributed by atoms with Crippen molar-refractivity contribution in [3.8, 4) is 5.75 Å². The molecule has 0 bridgehead atoms. The van der Waals surface area contributed by atoms with E-state index in [0.717, 1.165) is 44.3 Å². The normalized spacial score (nSPS) is 17.1. The summed E-state index contributed by atoms with van der Waals surface area (Å²) in [6.07, 6.45) is 4.20. The Morgan fingerprint density at radius 3 is 2.46 bits per heavy atom. The van der Waals surface area contributed by atoms with Crippen molar-refractivity contribution in [1.82, 2.24) is 14.8 Å². The number of hydrogen-bond acceptors (Lipinski definition) is 5. The molecule has 6 nitrogen and oxygen atoms in total. The molecule has 0 N–H and O–H groups in total. The lowest BCUT2D eigenvalue weighted by Crippen LogP contribution is -2.51. The first kappa shape index (κ1) is 18.7. The zero-order chi connectivity index (χ0) is 19.3. The maximum atomic E-state index is 12.9. The van der Waals surface area contributed by atoms with Crippen LogP contribution in [0.5, 0.6) is 5.75 Å². The number of benzene rings is 1. The van der Waals surface area contributed by atoms with E-state index in [1.807, 2.05) is 41.4 Å². The molecule has 2 fully saturated rings. The molecule has 0 atom stereocenters. The summed E-state index contributed by atoms with van der Waals surface area (Å²) < 4.78 is 5.24. The Labute approximate surface area is 166 Å². The van der Waals surface area contributed by atoms with E-state index in [9.17, 15) is 4.79 Å². The van der Waals surface area contributed by atoms with Crippen LogP contribution in [-0.2, 0) is 11.3 Å². The van der Waals surface area contributed by atoms with Gasteiger partial charge in [0.05, 0.1) is 13.7 Å². The third-order valence-corrected chi connectivity index (χ3v) is 5.55. The van der Waals surface area contributed by atoms with Crippen molar-refractivity contribution in [2.24, 2.45) is 0 Å². The van der Waals surface area contributed by atoms with Crippen molar-refractivity contribution in [3.63, 3.8) is 0 Å². The van der Waals surface area contributed by atoms with Gasteiger partial charge in [0.15, 0.2) is 0 Å². The van der Waals surface area contributed by atoms with Gasteiger partial charge in [-0.25, -0.2) is 4.98 Å². The van der Waals surface area contributed by atoms with E-state index in [2.05, 4.69) is 26.9 Å². The monoisotopic (exact) mass is 380 g/mol. The van der Waals surface area contributed by atoms with Gasteiger partial charge in [0.25, 0.3) is 0 Å². The summed E-state index contributed by atoms with van der Waals surface area (Å²) in [5.41, 5.74) is 1.22. The highest BCUT2D eigenvalue weighted by atomic mass is 16.5. The lowest BCUT2D eigenvalue weighted by Gasteiger charge is -2.36. The van der Waals surface area contributed by atoms with E-state index in [1.165, 1.54) is 18.4 Å². The number of methoxy groups -OCH3 is 1. The number of pyridine rings is 1. The zero-order valence-corrected chi connectivity index (χ0v) is 16.5. The fourth-order valence-corrected chi connectivity index (χ4v) is 3.72. The van der Waals surface area contributed by atoms with Crippen LogP contribution in [0.15, 0.2) is 48.7 Å². The molecule has 2 aliphatic rings. The fraction of sp³-hybridized carbons (Fsp3) is 0.455. The molecule has 1 aromatic carbocycles. The third kappa shape index (κ3) is 4.62. The van der Waals surface area contributed by atoms with Crippen molar-refractivity contribution in [2.45, 2.75) is 25.4 Å². The molecule has 1 saturated heterocycles. The predicted octanol–water partition coefficient (Wildman–Crippen LogP) is 2.40. The molecule has 6 heteroatoms. The summed E-state index contributed by atoms with van der Waals surface area (Å²) in [5, 5.41) is 0. The van der Waals surface area contributed by atoms with E-state index >= 15 is 0 Å². The molecule has 28 heavy (non-hydrogen) atoms. The first-order valence-corrected chi connectivity index (χ1v) is 10.0. The van der Waals surface area contributed by atoms with E-state index in [4.69, 9.17) is 4.74 Å². The second kappa shape index (κ2) is 8.61. The number of anilines is 1. The van der Waals surface area contributed by atoms with Gasteiger partial charge < -0.3 is 14.5 Å². The Morgan fingerprint density at radius 1 is 1.11 bits per heavy atom. The first-order valence-electron chi connectivity index (χ1n) is 10.0. The number of nitrogens with zero attached hydrogens (tertiary/aromatic N) is 4. The topological polar surface area (TPSA) is 48.9 Å². The van der Waals surface area contributed by atoms with Gasteiger partial charge in [0, 0.05) is 45.0 Å². The highest BCUT2D eigenvalue weighted by Gasteiger charge is 2.32. The van der Waals surface area contributed by atoms with Gasteiger partial charge in [-0.3, -0.25) is 9.69 Å². The minimum atomic E-state index is 0.237. The number of ether oxygens (including phenoxy) is 1. The van der Waals surface area contributed by atoms with E-state index in [0.29, 0.717) is 12.6 Å². The van der Waals surface area contributed by atoms with Crippen LogP contribution < -0.4 is 9.64 Å². The van der Waals surface area contributed by atoms with Crippen LogP contribution in [0.3, 0.4) is 0 Å². The highest BCUT2D eigenvalue weighted by molar-refractivity contribution is 5.78. The summed E-state index contributed by atoms with van der Waals surface area (Å²) in [4.78, 5) is 23.9. The van der Waals surface area contributed by atoms with Gasteiger partial charge >= 0.3 is 0 Å². The molecule has 4 rings (SSSR count). The molecule has 1 aliphatic carbocycles. The van der Waals surface area contributed by atoms with Crippen LogP contribution in [0.2, 0.25) is 0 Å². The van der Waals surface area contributed by atoms with Crippen LogP contribution in [0.1, 0.15) is 18.4 Å². The van der Waals surface area contributed by atoms with E-state index in [1.54, 1.807) is 7.11 Å². The molecule has 1 aromatic heterocycles. The van der Waals surface area contributed by atoms with Crippen molar-refractivity contribution in [2.75, 3.05) is 44.7 Å². The van der Waals surface area contributed by atoms with Crippen molar-refractivity contribution >= 4 is 11.7 Å². The summed E-state index contributed by atoms with van der Waals surface area (Å²) in [5.74, 6) is 2.10. The molecule has 148 valence electrons. The fourth-order valence-electron chi connectivity index (χ4n) is 3.72. The van der Waals surface area contributed by atoms with Gasteiger partial charge in [0.2, 0.25) is 5.91 Å². The van der Waals surface area contributed by atoms with Crippen molar-refractivity contribution in [3.05, 3.63) is 54.2 Å². The average molecular weight is 380 g/mol. The van der Waals surface area contributed by atoms with Crippen LogP contribution in [0.4, 0.5) is 5.82 Å². The summed E-state index contributed by atoms with van der Waals surface area (Å²) in [6, 6.07) is 14.7. The lowest BCUT2D eigenvalue weighted by molar-refractivity contribution is -0.133. The predicted molar refractivity (Wildman–Crippen MR) is 109 cm³/mol. The zero-order valence-electron chi connectivity index (χ0n) is 16.5. The Kier molecular flexibility index (Phi) is 5.76. The van der Waals surface area contributed by atoms with Gasteiger partial charge in [-0.05, 0) is 42.7 Å². The Balaban J connectivity index is 1.31. The molecule has 0 radical (unpaired) electrons. The average Bonchev–Trinajstić information content (AvgIpc) is 3.60. The smallest absolute Gasteiger partial charge is 0.236 e. The maximum Gasteiger partial charge on any atom is 0.236 e. The van der Waals surface area contributed by atoms with Crippen molar-refractivity contribution < 1.29 is 9.53 Å². The maximum absolute atomic E-state index is 12.9. The molecule has 0 spiro atoms. The number of rotatable bonds is 7. The summed E-state index contributed by atoms with van der Waals surface area (Å²) >= 11 is 0. The summed E-state index contributed by atoms with van der Waals surface area (Å²) in [7, 11) is 1.68. The second-order valence-electron chi connectivity index (χ2n) is 7.54. The molecule has 1 aliphatic heterocycles. The van der Waals surface area contributed by atoms with Crippen molar-refractivity contribution in [1.29, 1.82) is 0 Å². The quantitative estimate of drug-likeness (QED) is 0.738. The minimum absolute atomic E-state index is 0.237. The van der Waals surface area contributed by atoms with E-state index in [-0.39, 0.29) is 5.91 Å². The minimum Gasteiger partial charge on any atom is -0.497 e. The SMILES string of the molecule is COc1ccc(CN(CC(=O)N2CCN(c3ccccn3)CC2)C2CC2)cc1. The molecule has 1 amide bonds. The van der Waals surface area contributed by atoms with Gasteiger partial charge in [-0.15, -0.1) is 0 Å². The highest BCUT2D eigenvalue weighted by Crippen LogP contribution is 2.28. The molecular weight excluding hydrogens is 352 g/mol. The molecule has 2 heterocycles. The Bertz CT molecular complexity index is 769. The van der Waals surface area contributed by atoms with Crippen LogP contribution >= 0.6 is 0 Å². The Morgan fingerprint density at radius 2 is 1.86 bits per heavy atom. The van der Waals surface area contributed by atoms with Crippen LogP contribution in [0, 0.1) is 0 Å². The van der Waals surface area contributed by atoms with Crippen LogP contribution in [-0.4, -0.2) is 66.6 Å². The number of amides is 1. The number of carbonyl (C=O) groups excluding carboxylic acids is 1. The van der Waals surface area contributed by atoms with Gasteiger partial charge in [-0.1, -0.05) is 18.2 Å². The standard InChI is InChI=1S/C22H28N4O2/c1-28-20-9-5-18(6-10-20)16-26(19-7-8-19)17-22(27)25-14-12-24(13-15-25)21-4-2-3-11-23-21/h2-6,9-11,19H,7-8,12-17H2,1H3. The largest absolute Gasteiger partial charge is 0.497 e. The number of carbonyl (C=O) groups is 1. The van der Waals surface area contributed by atoms with Crippen LogP contribution in [0.25, 0.3) is 0 Å². The summed E-state index contributed by atoms with van der Waals surface area (Å²) in [6.45, 7) is 4.51. The lowest BCUT2D eigenvalue weighted by atomic mass is 10.2. The number of piperazine rings is 1. The Hall–Kier alpha value is -2.60. The number of aromatic nitrogens is 1.